The smallest absolute Gasteiger partial charge is 0.295 e. The molecule has 0 saturated heterocycles. The van der Waals surface area contributed by atoms with Gasteiger partial charge >= 0.3 is 0 Å². The first-order valence-corrected chi connectivity index (χ1v) is 9.72. The van der Waals surface area contributed by atoms with Crippen LogP contribution in [0.15, 0.2) is 77.3 Å². The summed E-state index contributed by atoms with van der Waals surface area (Å²) in [5.74, 6) is -0.586. The number of hydrogen-bond acceptors (Lipinski definition) is 3. The van der Waals surface area contributed by atoms with Gasteiger partial charge in [0.05, 0.1) is 5.69 Å². The zero-order valence-corrected chi connectivity index (χ0v) is 17.2. The zero-order valence-electron chi connectivity index (χ0n) is 14.8. The molecule has 1 amide bonds. The Labute approximate surface area is 179 Å². The van der Waals surface area contributed by atoms with Crippen LogP contribution in [-0.2, 0) is 0 Å². The van der Waals surface area contributed by atoms with Gasteiger partial charge in [0.2, 0.25) is 5.82 Å². The lowest BCUT2D eigenvalue weighted by molar-refractivity contribution is 0.101. The van der Waals surface area contributed by atoms with Crippen molar-refractivity contribution in [2.45, 2.75) is 0 Å². The molecular weight excluding hydrogens is 459 g/mol. The van der Waals surface area contributed by atoms with E-state index in [1.807, 2.05) is 30.3 Å². The van der Waals surface area contributed by atoms with Crippen molar-refractivity contribution in [1.82, 2.24) is 14.8 Å². The van der Waals surface area contributed by atoms with E-state index in [2.05, 4.69) is 31.3 Å². The summed E-state index contributed by atoms with van der Waals surface area (Å²) in [6.07, 6.45) is 0. The van der Waals surface area contributed by atoms with Crippen LogP contribution < -0.4 is 5.32 Å². The summed E-state index contributed by atoms with van der Waals surface area (Å²) >= 11 is 9.53. The molecule has 3 aromatic carbocycles. The lowest BCUT2D eigenvalue weighted by Gasteiger charge is -2.06. The van der Waals surface area contributed by atoms with Gasteiger partial charge in [0.15, 0.2) is 5.82 Å². The van der Waals surface area contributed by atoms with E-state index in [4.69, 9.17) is 11.6 Å². The fraction of sp³-hybridized carbons (Fsp3) is 0. The monoisotopic (exact) mass is 470 g/mol. The molecular formula is C21H13BrClFN4O. The standard InChI is InChI=1S/C21H13BrClFN4O/c22-14-7-9-18(10-8-14)28-20(13-3-1-4-15(23)11-13)26-19(27-28)21(29)25-17-6-2-5-16(24)12-17/h1-12H,(H,25,29). The van der Waals surface area contributed by atoms with Gasteiger partial charge < -0.3 is 5.32 Å². The number of nitrogens with zero attached hydrogens (tertiary/aromatic N) is 3. The Hall–Kier alpha value is -3.03. The Balaban J connectivity index is 1.76. The van der Waals surface area contributed by atoms with Crippen molar-refractivity contribution in [3.63, 3.8) is 0 Å². The number of hydrogen-bond donors (Lipinski definition) is 1. The number of halogens is 3. The van der Waals surface area contributed by atoms with E-state index in [0.29, 0.717) is 22.1 Å². The Kier molecular flexibility index (Phi) is 5.42. The van der Waals surface area contributed by atoms with Crippen LogP contribution in [-0.4, -0.2) is 20.7 Å². The SMILES string of the molecule is O=C(Nc1cccc(F)c1)c1nc(-c2cccc(Cl)c2)n(-c2ccc(Br)cc2)n1. The van der Waals surface area contributed by atoms with Gasteiger partial charge in [0.1, 0.15) is 5.82 Å². The lowest BCUT2D eigenvalue weighted by atomic mass is 10.2. The number of benzene rings is 3. The number of aromatic nitrogens is 3. The highest BCUT2D eigenvalue weighted by atomic mass is 79.9. The number of amides is 1. The van der Waals surface area contributed by atoms with Crippen molar-refractivity contribution in [3.05, 3.63) is 93.9 Å². The summed E-state index contributed by atoms with van der Waals surface area (Å²) in [4.78, 5) is 17.1. The average molecular weight is 472 g/mol. The van der Waals surface area contributed by atoms with Crippen molar-refractivity contribution >= 4 is 39.1 Å². The van der Waals surface area contributed by atoms with Crippen LogP contribution in [0, 0.1) is 5.82 Å². The van der Waals surface area contributed by atoms with E-state index < -0.39 is 11.7 Å². The Morgan fingerprint density at radius 3 is 2.52 bits per heavy atom. The van der Waals surface area contributed by atoms with Crippen LogP contribution in [0.5, 0.6) is 0 Å². The van der Waals surface area contributed by atoms with E-state index in [1.54, 1.807) is 28.9 Å². The maximum Gasteiger partial charge on any atom is 0.295 e. The maximum absolute atomic E-state index is 13.4. The van der Waals surface area contributed by atoms with Gasteiger partial charge in [-0.2, -0.15) is 0 Å². The molecule has 0 bridgehead atoms. The summed E-state index contributed by atoms with van der Waals surface area (Å²) < 4.78 is 15.9. The van der Waals surface area contributed by atoms with Crippen molar-refractivity contribution < 1.29 is 9.18 Å². The van der Waals surface area contributed by atoms with E-state index >= 15 is 0 Å². The van der Waals surface area contributed by atoms with Gasteiger partial charge in [-0.3, -0.25) is 4.79 Å². The van der Waals surface area contributed by atoms with Crippen LogP contribution in [0.25, 0.3) is 17.1 Å². The van der Waals surface area contributed by atoms with E-state index in [9.17, 15) is 9.18 Å². The fourth-order valence-electron chi connectivity index (χ4n) is 2.74. The maximum atomic E-state index is 13.4. The first-order valence-electron chi connectivity index (χ1n) is 8.55. The van der Waals surface area contributed by atoms with Gasteiger partial charge in [-0.05, 0) is 54.6 Å². The molecule has 0 radical (unpaired) electrons. The second-order valence-corrected chi connectivity index (χ2v) is 7.47. The Morgan fingerprint density at radius 2 is 1.79 bits per heavy atom. The molecule has 4 rings (SSSR count). The van der Waals surface area contributed by atoms with Gasteiger partial charge in [-0.1, -0.05) is 45.7 Å². The topological polar surface area (TPSA) is 59.8 Å². The summed E-state index contributed by atoms with van der Waals surface area (Å²) in [6, 6.07) is 20.2. The molecule has 29 heavy (non-hydrogen) atoms. The molecule has 4 aromatic rings. The predicted octanol–water partition coefficient (Wildman–Crippen LogP) is 5.74. The van der Waals surface area contributed by atoms with Crippen LogP contribution in [0.2, 0.25) is 5.02 Å². The van der Waals surface area contributed by atoms with Gasteiger partial charge in [-0.15, -0.1) is 5.10 Å². The summed E-state index contributed by atoms with van der Waals surface area (Å²) in [6.45, 7) is 0. The van der Waals surface area contributed by atoms with Crippen molar-refractivity contribution in [2.75, 3.05) is 5.32 Å². The number of carbonyl (C=O) groups excluding carboxylic acids is 1. The quantitative estimate of drug-likeness (QED) is 0.413. The first kappa shape index (κ1) is 19.3. The van der Waals surface area contributed by atoms with Crippen molar-refractivity contribution in [2.24, 2.45) is 0 Å². The normalized spacial score (nSPS) is 10.7. The number of rotatable bonds is 4. The zero-order chi connectivity index (χ0) is 20.4. The molecule has 1 aromatic heterocycles. The van der Waals surface area contributed by atoms with E-state index in [0.717, 1.165) is 10.2 Å². The van der Waals surface area contributed by atoms with E-state index in [1.165, 1.54) is 18.2 Å². The number of nitrogens with one attached hydrogen (secondary N) is 1. The molecule has 1 N–H and O–H groups in total. The molecule has 5 nitrogen and oxygen atoms in total. The number of anilines is 1. The highest BCUT2D eigenvalue weighted by Gasteiger charge is 2.19. The first-order chi connectivity index (χ1) is 14.0. The molecule has 144 valence electrons. The molecule has 0 aliphatic carbocycles. The highest BCUT2D eigenvalue weighted by Crippen LogP contribution is 2.25. The largest absolute Gasteiger partial charge is 0.319 e. The molecule has 0 unspecified atom stereocenters. The molecule has 0 fully saturated rings. The minimum Gasteiger partial charge on any atom is -0.319 e. The van der Waals surface area contributed by atoms with Gasteiger partial charge in [-0.25, -0.2) is 14.1 Å². The molecule has 0 spiro atoms. The summed E-state index contributed by atoms with van der Waals surface area (Å²) in [5, 5.41) is 7.53. The second kappa shape index (κ2) is 8.14. The minimum atomic E-state index is -0.547. The molecule has 8 heteroatoms. The third-order valence-electron chi connectivity index (χ3n) is 4.05. The third-order valence-corrected chi connectivity index (χ3v) is 4.81. The highest BCUT2D eigenvalue weighted by molar-refractivity contribution is 9.10. The van der Waals surface area contributed by atoms with Crippen molar-refractivity contribution in [3.8, 4) is 17.1 Å². The summed E-state index contributed by atoms with van der Waals surface area (Å²) in [7, 11) is 0. The number of carbonyl (C=O) groups is 1. The predicted molar refractivity (Wildman–Crippen MR) is 114 cm³/mol. The molecule has 0 aliphatic rings. The molecule has 1 heterocycles. The third kappa shape index (κ3) is 4.36. The summed E-state index contributed by atoms with van der Waals surface area (Å²) in [5.41, 5.74) is 1.75. The molecule has 0 aliphatic heterocycles. The fourth-order valence-corrected chi connectivity index (χ4v) is 3.19. The Bertz CT molecular complexity index is 1190. The lowest BCUT2D eigenvalue weighted by Crippen LogP contribution is -2.14. The van der Waals surface area contributed by atoms with Gasteiger partial charge in [0.25, 0.3) is 5.91 Å². The van der Waals surface area contributed by atoms with Crippen LogP contribution in [0.3, 0.4) is 0 Å². The van der Waals surface area contributed by atoms with Crippen LogP contribution >= 0.6 is 27.5 Å². The van der Waals surface area contributed by atoms with E-state index in [-0.39, 0.29) is 5.82 Å². The molecule has 0 atom stereocenters. The minimum absolute atomic E-state index is 0.0489. The Morgan fingerprint density at radius 1 is 1.03 bits per heavy atom. The molecule has 0 saturated carbocycles. The van der Waals surface area contributed by atoms with Crippen LogP contribution in [0.1, 0.15) is 10.6 Å². The van der Waals surface area contributed by atoms with Crippen molar-refractivity contribution in [1.29, 1.82) is 0 Å². The second-order valence-electron chi connectivity index (χ2n) is 6.12. The van der Waals surface area contributed by atoms with Gasteiger partial charge in [0, 0.05) is 20.7 Å². The average Bonchev–Trinajstić information content (AvgIpc) is 3.14. The van der Waals surface area contributed by atoms with Crippen LogP contribution in [0.4, 0.5) is 10.1 Å².